The minimum Gasteiger partial charge on any atom is -0.463 e. The van der Waals surface area contributed by atoms with Gasteiger partial charge in [0.15, 0.2) is 0 Å². The summed E-state index contributed by atoms with van der Waals surface area (Å²) in [4.78, 5) is 22.1. The zero-order chi connectivity index (χ0) is 19.3. The van der Waals surface area contributed by atoms with Gasteiger partial charge in [0.2, 0.25) is 0 Å². The van der Waals surface area contributed by atoms with Crippen molar-refractivity contribution in [1.82, 2.24) is 0 Å². The second-order valence-electron chi connectivity index (χ2n) is 6.36. The first-order valence-electron chi connectivity index (χ1n) is 10.1. The van der Waals surface area contributed by atoms with Gasteiger partial charge in [-0.3, -0.25) is 9.59 Å². The van der Waals surface area contributed by atoms with Gasteiger partial charge in [-0.25, -0.2) is 0 Å². The minimum atomic E-state index is -0.311. The molecule has 0 atom stereocenters. The van der Waals surface area contributed by atoms with Crippen molar-refractivity contribution in [1.29, 1.82) is 0 Å². The number of ether oxygens (including phenoxy) is 4. The second kappa shape index (κ2) is 20.2. The Morgan fingerprint density at radius 2 is 1.08 bits per heavy atom. The van der Waals surface area contributed by atoms with Crippen LogP contribution in [0.1, 0.15) is 78.1 Å². The molecule has 0 aromatic carbocycles. The number of unbranched alkanes of at least 4 members (excludes halogenated alkanes) is 8. The number of esters is 2. The number of hydrogen-bond donors (Lipinski definition) is 0. The second-order valence-corrected chi connectivity index (χ2v) is 6.36. The van der Waals surface area contributed by atoms with Gasteiger partial charge in [-0.2, -0.15) is 0 Å². The summed E-state index contributed by atoms with van der Waals surface area (Å²) < 4.78 is 20.4. The molecule has 0 fully saturated rings. The molecule has 0 aromatic rings. The van der Waals surface area contributed by atoms with E-state index >= 15 is 0 Å². The predicted octanol–water partition coefficient (Wildman–Crippen LogP) is 4.05. The van der Waals surface area contributed by atoms with Crippen molar-refractivity contribution in [3.63, 3.8) is 0 Å². The molecule has 0 saturated carbocycles. The van der Waals surface area contributed by atoms with Gasteiger partial charge in [0.1, 0.15) is 13.2 Å². The summed E-state index contributed by atoms with van der Waals surface area (Å²) in [7, 11) is 0. The Balaban J connectivity index is 3.16. The van der Waals surface area contributed by atoms with Gasteiger partial charge in [0.25, 0.3) is 0 Å². The van der Waals surface area contributed by atoms with Crippen molar-refractivity contribution in [2.24, 2.45) is 0 Å². The van der Waals surface area contributed by atoms with Crippen LogP contribution in [0.4, 0.5) is 0 Å². The first-order chi connectivity index (χ1) is 12.7. The molecule has 0 spiro atoms. The third-order valence-electron chi connectivity index (χ3n) is 3.88. The molecule has 154 valence electrons. The van der Waals surface area contributed by atoms with Gasteiger partial charge in [-0.1, -0.05) is 58.3 Å². The van der Waals surface area contributed by atoms with Crippen LogP contribution in [0, 0.1) is 0 Å². The van der Waals surface area contributed by atoms with Crippen LogP contribution in [0.25, 0.3) is 0 Å². The van der Waals surface area contributed by atoms with Crippen molar-refractivity contribution >= 4 is 11.9 Å². The molecule has 0 aliphatic heterocycles. The van der Waals surface area contributed by atoms with E-state index in [1.165, 1.54) is 51.9 Å². The van der Waals surface area contributed by atoms with Crippen LogP contribution >= 0.6 is 0 Å². The lowest BCUT2D eigenvalue weighted by atomic mass is 10.1. The highest BCUT2D eigenvalue weighted by molar-refractivity contribution is 5.69. The normalized spacial score (nSPS) is 10.7. The molecule has 6 nitrogen and oxygen atoms in total. The maximum atomic E-state index is 11.6. The number of rotatable bonds is 19. The van der Waals surface area contributed by atoms with Crippen molar-refractivity contribution < 1.29 is 28.5 Å². The molecule has 0 unspecified atom stereocenters. The molecule has 0 heterocycles. The highest BCUT2D eigenvalue weighted by Gasteiger charge is 2.02. The minimum absolute atomic E-state index is 0.144. The Morgan fingerprint density at radius 1 is 0.615 bits per heavy atom. The Kier molecular flexibility index (Phi) is 19.3. The van der Waals surface area contributed by atoms with E-state index in [1.807, 2.05) is 0 Å². The average molecular weight is 375 g/mol. The van der Waals surface area contributed by atoms with E-state index in [0.717, 1.165) is 12.8 Å². The molecule has 0 aromatic heterocycles. The Labute approximate surface area is 158 Å². The molecular weight excluding hydrogens is 336 g/mol. The van der Waals surface area contributed by atoms with Gasteiger partial charge in [0.05, 0.1) is 26.4 Å². The first kappa shape index (κ1) is 24.9. The SMILES string of the molecule is CCCCCCCCCCCC(=O)OCCOCCOCCOC(C)=O. The topological polar surface area (TPSA) is 71.1 Å². The Bertz CT molecular complexity index is 332. The fourth-order valence-electron chi connectivity index (χ4n) is 2.43. The number of carbonyl (C=O) groups excluding carboxylic acids is 2. The lowest BCUT2D eigenvalue weighted by Crippen LogP contribution is -2.14. The largest absolute Gasteiger partial charge is 0.463 e. The van der Waals surface area contributed by atoms with Crippen LogP contribution < -0.4 is 0 Å². The monoisotopic (exact) mass is 374 g/mol. The van der Waals surface area contributed by atoms with Crippen LogP contribution in [-0.2, 0) is 28.5 Å². The van der Waals surface area contributed by atoms with E-state index in [4.69, 9.17) is 18.9 Å². The van der Waals surface area contributed by atoms with Crippen molar-refractivity contribution in [3.05, 3.63) is 0 Å². The molecule has 0 amide bonds. The highest BCUT2D eigenvalue weighted by Crippen LogP contribution is 2.10. The van der Waals surface area contributed by atoms with Gasteiger partial charge >= 0.3 is 11.9 Å². The fraction of sp³-hybridized carbons (Fsp3) is 0.900. The van der Waals surface area contributed by atoms with E-state index < -0.39 is 0 Å². The lowest BCUT2D eigenvalue weighted by Gasteiger charge is -2.07. The molecular formula is C20H38O6. The molecule has 0 aliphatic rings. The highest BCUT2D eigenvalue weighted by atomic mass is 16.6. The van der Waals surface area contributed by atoms with E-state index in [0.29, 0.717) is 32.8 Å². The summed E-state index contributed by atoms with van der Waals surface area (Å²) in [5, 5.41) is 0. The van der Waals surface area contributed by atoms with Gasteiger partial charge < -0.3 is 18.9 Å². The van der Waals surface area contributed by atoms with Crippen LogP contribution in [0.2, 0.25) is 0 Å². The number of carbonyl (C=O) groups is 2. The van der Waals surface area contributed by atoms with Crippen LogP contribution in [0.3, 0.4) is 0 Å². The third kappa shape index (κ3) is 20.9. The molecule has 0 aliphatic carbocycles. The van der Waals surface area contributed by atoms with Crippen LogP contribution in [0.15, 0.2) is 0 Å². The van der Waals surface area contributed by atoms with Crippen molar-refractivity contribution in [2.45, 2.75) is 78.1 Å². The molecule has 6 heteroatoms. The average Bonchev–Trinajstić information content (AvgIpc) is 2.61. The van der Waals surface area contributed by atoms with Gasteiger partial charge in [-0.05, 0) is 6.42 Å². The molecule has 0 radical (unpaired) electrons. The molecule has 0 rings (SSSR count). The van der Waals surface area contributed by atoms with Crippen LogP contribution in [0.5, 0.6) is 0 Å². The van der Waals surface area contributed by atoms with E-state index in [1.54, 1.807) is 0 Å². The zero-order valence-electron chi connectivity index (χ0n) is 16.8. The fourth-order valence-corrected chi connectivity index (χ4v) is 2.43. The molecule has 26 heavy (non-hydrogen) atoms. The summed E-state index contributed by atoms with van der Waals surface area (Å²) in [6.45, 7) is 5.71. The van der Waals surface area contributed by atoms with E-state index in [-0.39, 0.29) is 25.2 Å². The zero-order valence-corrected chi connectivity index (χ0v) is 16.8. The summed E-state index contributed by atoms with van der Waals surface area (Å²) in [5.74, 6) is -0.455. The van der Waals surface area contributed by atoms with Crippen LogP contribution in [-0.4, -0.2) is 51.6 Å². The molecule has 0 N–H and O–H groups in total. The Morgan fingerprint density at radius 3 is 1.62 bits per heavy atom. The van der Waals surface area contributed by atoms with Gasteiger partial charge in [-0.15, -0.1) is 0 Å². The maximum absolute atomic E-state index is 11.6. The number of hydrogen-bond acceptors (Lipinski definition) is 6. The van der Waals surface area contributed by atoms with Crippen molar-refractivity contribution in [3.8, 4) is 0 Å². The standard InChI is InChI=1S/C20H38O6/c1-3-4-5-6-7-8-9-10-11-12-20(22)26-18-16-24-14-13-23-15-17-25-19(2)21/h3-18H2,1-2H3. The smallest absolute Gasteiger partial charge is 0.305 e. The van der Waals surface area contributed by atoms with E-state index in [2.05, 4.69) is 6.92 Å². The maximum Gasteiger partial charge on any atom is 0.305 e. The Hall–Kier alpha value is -1.14. The summed E-state index contributed by atoms with van der Waals surface area (Å²) in [6, 6.07) is 0. The lowest BCUT2D eigenvalue weighted by molar-refractivity contribution is -0.146. The van der Waals surface area contributed by atoms with Gasteiger partial charge in [0, 0.05) is 13.3 Å². The third-order valence-corrected chi connectivity index (χ3v) is 3.88. The molecule has 0 saturated heterocycles. The quantitative estimate of drug-likeness (QED) is 0.251. The first-order valence-corrected chi connectivity index (χ1v) is 10.1. The van der Waals surface area contributed by atoms with Crippen molar-refractivity contribution in [2.75, 3.05) is 39.6 Å². The van der Waals surface area contributed by atoms with E-state index in [9.17, 15) is 9.59 Å². The summed E-state index contributed by atoms with van der Waals surface area (Å²) in [5.41, 5.74) is 0. The summed E-state index contributed by atoms with van der Waals surface area (Å²) >= 11 is 0. The molecule has 0 bridgehead atoms. The summed E-state index contributed by atoms with van der Waals surface area (Å²) in [6.07, 6.45) is 11.6. The predicted molar refractivity (Wildman–Crippen MR) is 101 cm³/mol.